The number of nitrogens with zero attached hydrogens (tertiary/aromatic N) is 3. The Hall–Kier alpha value is -2.88. The summed E-state index contributed by atoms with van der Waals surface area (Å²) in [5, 5.41) is 16.4. The van der Waals surface area contributed by atoms with E-state index in [0.717, 1.165) is 18.3 Å². The van der Waals surface area contributed by atoms with Gasteiger partial charge in [-0.1, -0.05) is 28.8 Å². The number of alkyl halides is 3. The first-order chi connectivity index (χ1) is 13.1. The molecule has 6 nitrogen and oxygen atoms in total. The van der Waals surface area contributed by atoms with Gasteiger partial charge in [0.05, 0.1) is 23.7 Å². The molecule has 3 aromatic rings. The van der Waals surface area contributed by atoms with E-state index in [1.165, 1.54) is 42.1 Å². The molecule has 0 unspecified atom stereocenters. The molecule has 0 saturated carbocycles. The van der Waals surface area contributed by atoms with E-state index in [1.54, 1.807) is 6.92 Å². The summed E-state index contributed by atoms with van der Waals surface area (Å²) in [5.74, 6) is -0.379. The van der Waals surface area contributed by atoms with E-state index < -0.39 is 21.6 Å². The fourth-order valence-electron chi connectivity index (χ4n) is 2.80. The van der Waals surface area contributed by atoms with Gasteiger partial charge in [0.2, 0.25) is 0 Å². The summed E-state index contributed by atoms with van der Waals surface area (Å²) in [7, 11) is -3.70. The van der Waals surface area contributed by atoms with Gasteiger partial charge in [-0.15, -0.1) is 0 Å². The highest BCUT2D eigenvalue weighted by Crippen LogP contribution is 2.32. The SMILES string of the molecule is CCS(=O)(=O)c1ccc[n+]([O-])c1-n1ncc(-c2ccc(C(F)(F)F)cc2)c1C. The molecule has 148 valence electrons. The van der Waals surface area contributed by atoms with Crippen LogP contribution in [0.25, 0.3) is 16.9 Å². The number of hydrogen-bond acceptors (Lipinski definition) is 4. The van der Waals surface area contributed by atoms with Gasteiger partial charge in [-0.3, -0.25) is 0 Å². The fraction of sp³-hybridized carbons (Fsp3) is 0.222. The number of sulfone groups is 1. The largest absolute Gasteiger partial charge is 0.711 e. The van der Waals surface area contributed by atoms with Gasteiger partial charge >= 0.3 is 12.0 Å². The van der Waals surface area contributed by atoms with Gasteiger partial charge in [-0.2, -0.15) is 13.2 Å². The van der Waals surface area contributed by atoms with Crippen LogP contribution in [0.2, 0.25) is 0 Å². The highest BCUT2D eigenvalue weighted by atomic mass is 32.2. The number of hydrogen-bond donors (Lipinski definition) is 0. The monoisotopic (exact) mass is 411 g/mol. The summed E-state index contributed by atoms with van der Waals surface area (Å²) < 4.78 is 64.6. The minimum atomic E-state index is -4.45. The minimum absolute atomic E-state index is 0.169. The molecule has 0 amide bonds. The third kappa shape index (κ3) is 3.47. The van der Waals surface area contributed by atoms with Crippen LogP contribution in [-0.4, -0.2) is 24.0 Å². The van der Waals surface area contributed by atoms with Gasteiger partial charge in [0, 0.05) is 12.5 Å². The maximum atomic E-state index is 12.8. The average molecular weight is 411 g/mol. The van der Waals surface area contributed by atoms with Crippen molar-refractivity contribution in [3.8, 4) is 16.9 Å². The predicted molar refractivity (Wildman–Crippen MR) is 95.4 cm³/mol. The normalized spacial score (nSPS) is 12.3. The van der Waals surface area contributed by atoms with Crippen LogP contribution in [0.1, 0.15) is 18.2 Å². The molecular formula is C18H16F3N3O3S. The van der Waals surface area contributed by atoms with Gasteiger partial charge in [0.1, 0.15) is 5.69 Å². The Morgan fingerprint density at radius 3 is 2.39 bits per heavy atom. The number of aromatic nitrogens is 3. The highest BCUT2D eigenvalue weighted by Gasteiger charge is 2.31. The van der Waals surface area contributed by atoms with Crippen molar-refractivity contribution in [2.24, 2.45) is 0 Å². The molecule has 0 saturated heterocycles. The molecule has 0 aliphatic carbocycles. The zero-order chi connectivity index (χ0) is 20.7. The molecule has 10 heteroatoms. The van der Waals surface area contributed by atoms with Crippen molar-refractivity contribution in [2.45, 2.75) is 24.9 Å². The summed E-state index contributed by atoms with van der Waals surface area (Å²) in [5.41, 5.74) is 0.587. The Labute approximate surface area is 159 Å². The van der Waals surface area contributed by atoms with Crippen LogP contribution in [-0.2, 0) is 16.0 Å². The van der Waals surface area contributed by atoms with Crippen LogP contribution in [0, 0.1) is 12.1 Å². The molecule has 0 spiro atoms. The van der Waals surface area contributed by atoms with E-state index in [2.05, 4.69) is 5.10 Å². The van der Waals surface area contributed by atoms with E-state index in [0.29, 0.717) is 21.6 Å². The van der Waals surface area contributed by atoms with Crippen molar-refractivity contribution in [3.05, 3.63) is 65.3 Å². The van der Waals surface area contributed by atoms with Crippen LogP contribution in [0.5, 0.6) is 0 Å². The van der Waals surface area contributed by atoms with Crippen LogP contribution in [0.15, 0.2) is 53.7 Å². The molecule has 2 heterocycles. The summed E-state index contributed by atoms with van der Waals surface area (Å²) in [6.45, 7) is 3.07. The van der Waals surface area contributed by atoms with Gasteiger partial charge < -0.3 is 5.21 Å². The fourth-order valence-corrected chi connectivity index (χ4v) is 3.86. The first kappa shape index (κ1) is 19.9. The summed E-state index contributed by atoms with van der Waals surface area (Å²) >= 11 is 0. The van der Waals surface area contributed by atoms with Gasteiger partial charge in [0.25, 0.3) is 0 Å². The number of rotatable bonds is 4. The van der Waals surface area contributed by atoms with Gasteiger partial charge in [0.15, 0.2) is 14.7 Å². The molecule has 0 atom stereocenters. The Bertz CT molecular complexity index is 1120. The van der Waals surface area contributed by atoms with E-state index in [9.17, 15) is 26.8 Å². The minimum Gasteiger partial charge on any atom is -0.711 e. The molecule has 0 radical (unpaired) electrons. The zero-order valence-corrected chi connectivity index (χ0v) is 15.8. The Morgan fingerprint density at radius 2 is 1.82 bits per heavy atom. The predicted octanol–water partition coefficient (Wildman–Crippen LogP) is 3.29. The van der Waals surface area contributed by atoms with Crippen LogP contribution >= 0.6 is 0 Å². The Morgan fingerprint density at radius 1 is 1.18 bits per heavy atom. The zero-order valence-electron chi connectivity index (χ0n) is 14.9. The molecule has 0 aliphatic rings. The molecule has 0 bridgehead atoms. The second kappa shape index (κ2) is 6.93. The molecular weight excluding hydrogens is 395 g/mol. The summed E-state index contributed by atoms with van der Waals surface area (Å²) in [4.78, 5) is -0.169. The van der Waals surface area contributed by atoms with Crippen LogP contribution in [0.3, 0.4) is 0 Å². The average Bonchev–Trinajstić information content (AvgIpc) is 3.02. The van der Waals surface area contributed by atoms with Crippen molar-refractivity contribution in [1.29, 1.82) is 0 Å². The molecule has 3 rings (SSSR count). The van der Waals surface area contributed by atoms with Crippen molar-refractivity contribution >= 4 is 9.84 Å². The molecule has 2 aromatic heterocycles. The first-order valence-electron chi connectivity index (χ1n) is 8.24. The van der Waals surface area contributed by atoms with Crippen LogP contribution in [0.4, 0.5) is 13.2 Å². The van der Waals surface area contributed by atoms with Crippen molar-refractivity contribution in [2.75, 3.05) is 5.75 Å². The lowest BCUT2D eigenvalue weighted by molar-refractivity contribution is -0.602. The van der Waals surface area contributed by atoms with Crippen LogP contribution < -0.4 is 4.73 Å². The Kier molecular flexibility index (Phi) is 4.92. The third-order valence-electron chi connectivity index (χ3n) is 4.35. The molecule has 28 heavy (non-hydrogen) atoms. The number of pyridine rings is 1. The second-order valence-corrected chi connectivity index (χ2v) is 8.30. The van der Waals surface area contributed by atoms with Gasteiger partial charge in [-0.25, -0.2) is 13.1 Å². The number of halogens is 3. The second-order valence-electron chi connectivity index (χ2n) is 6.06. The van der Waals surface area contributed by atoms with E-state index >= 15 is 0 Å². The van der Waals surface area contributed by atoms with E-state index in [-0.39, 0.29) is 16.5 Å². The standard InChI is InChI=1S/C18H16F3N3O3S/c1-3-28(26,27)16-5-4-10-23(25)17(16)24-12(2)15(11-22-24)13-6-8-14(9-7-13)18(19,20)21/h4-11H,3H2,1-2H3. The summed E-state index contributed by atoms with van der Waals surface area (Å²) in [6.07, 6.45) is -1.91. The number of benzene rings is 1. The van der Waals surface area contributed by atoms with Gasteiger partial charge in [-0.05, 0) is 29.8 Å². The van der Waals surface area contributed by atoms with E-state index in [4.69, 9.17) is 0 Å². The lowest BCUT2D eigenvalue weighted by Gasteiger charge is -2.11. The maximum absolute atomic E-state index is 12.8. The molecule has 0 aliphatic heterocycles. The lowest BCUT2D eigenvalue weighted by Crippen LogP contribution is -2.35. The van der Waals surface area contributed by atoms with E-state index in [1.807, 2.05) is 0 Å². The third-order valence-corrected chi connectivity index (χ3v) is 6.10. The summed E-state index contributed by atoms with van der Waals surface area (Å²) in [6, 6.07) is 7.16. The maximum Gasteiger partial charge on any atom is 0.416 e. The van der Waals surface area contributed by atoms with Crippen molar-refractivity contribution in [1.82, 2.24) is 9.78 Å². The Balaban J connectivity index is 2.13. The first-order valence-corrected chi connectivity index (χ1v) is 9.89. The topological polar surface area (TPSA) is 78.9 Å². The molecule has 1 aromatic carbocycles. The smallest absolute Gasteiger partial charge is 0.416 e. The van der Waals surface area contributed by atoms with Crippen molar-refractivity contribution in [3.63, 3.8) is 0 Å². The van der Waals surface area contributed by atoms with Crippen molar-refractivity contribution < 1.29 is 26.3 Å². The molecule has 0 fully saturated rings. The quantitative estimate of drug-likeness (QED) is 0.488. The highest BCUT2D eigenvalue weighted by molar-refractivity contribution is 7.91. The lowest BCUT2D eigenvalue weighted by atomic mass is 10.0. The molecule has 0 N–H and O–H groups in total.